The summed E-state index contributed by atoms with van der Waals surface area (Å²) in [7, 11) is 0. The second-order valence-electron chi connectivity index (χ2n) is 5.74. The molecule has 0 heterocycles. The van der Waals surface area contributed by atoms with Gasteiger partial charge in [-0.2, -0.15) is 0 Å². The molecule has 1 fully saturated rings. The molecular weight excluding hydrogens is 236 g/mol. The topological polar surface area (TPSA) is 41.1 Å². The number of amides is 1. The zero-order chi connectivity index (χ0) is 13.8. The van der Waals surface area contributed by atoms with Gasteiger partial charge >= 0.3 is 0 Å². The minimum atomic E-state index is -0.0182. The Kier molecular flexibility index (Phi) is 4.59. The van der Waals surface area contributed by atoms with Crippen LogP contribution >= 0.6 is 0 Å². The van der Waals surface area contributed by atoms with Crippen molar-refractivity contribution in [1.82, 2.24) is 5.32 Å². The Morgan fingerprint density at radius 3 is 2.63 bits per heavy atom. The minimum Gasteiger partial charge on any atom is -0.326 e. The number of carbonyl (C=O) groups excluding carboxylic acids is 1. The second-order valence-corrected chi connectivity index (χ2v) is 5.74. The molecular formula is C16H24N2O. The van der Waals surface area contributed by atoms with E-state index in [-0.39, 0.29) is 5.91 Å². The fourth-order valence-electron chi connectivity index (χ4n) is 2.88. The third kappa shape index (κ3) is 3.57. The van der Waals surface area contributed by atoms with Crippen LogP contribution in [0.25, 0.3) is 0 Å². The number of nitrogens with one attached hydrogen (secondary N) is 2. The van der Waals surface area contributed by atoms with Crippen LogP contribution in [0.1, 0.15) is 39.2 Å². The van der Waals surface area contributed by atoms with Crippen molar-refractivity contribution in [2.24, 2.45) is 11.8 Å². The number of anilines is 1. The Labute approximate surface area is 115 Å². The lowest BCUT2D eigenvalue weighted by Crippen LogP contribution is -2.32. The molecule has 1 aliphatic rings. The van der Waals surface area contributed by atoms with Crippen LogP contribution in [-0.2, 0) is 11.3 Å². The van der Waals surface area contributed by atoms with Crippen LogP contribution in [0.2, 0.25) is 0 Å². The predicted octanol–water partition coefficient (Wildman–Crippen LogP) is 3.17. The number of rotatable bonds is 4. The van der Waals surface area contributed by atoms with Crippen molar-refractivity contribution in [2.75, 3.05) is 5.32 Å². The first-order valence-electron chi connectivity index (χ1n) is 7.17. The van der Waals surface area contributed by atoms with Crippen molar-refractivity contribution >= 4 is 11.6 Å². The smallest absolute Gasteiger partial charge is 0.221 e. The van der Waals surface area contributed by atoms with E-state index in [1.807, 2.05) is 18.2 Å². The van der Waals surface area contributed by atoms with E-state index in [0.29, 0.717) is 6.04 Å². The Morgan fingerprint density at radius 2 is 2.00 bits per heavy atom. The first kappa shape index (κ1) is 14.1. The Hall–Kier alpha value is -1.35. The lowest BCUT2D eigenvalue weighted by atomic mass is 9.97. The van der Waals surface area contributed by atoms with Crippen molar-refractivity contribution in [3.05, 3.63) is 29.8 Å². The molecule has 1 saturated carbocycles. The molecule has 0 bridgehead atoms. The predicted molar refractivity (Wildman–Crippen MR) is 78.9 cm³/mol. The minimum absolute atomic E-state index is 0.0182. The van der Waals surface area contributed by atoms with E-state index in [4.69, 9.17) is 0 Å². The Balaban J connectivity index is 1.97. The van der Waals surface area contributed by atoms with Gasteiger partial charge in [-0.3, -0.25) is 4.79 Å². The fourth-order valence-corrected chi connectivity index (χ4v) is 2.88. The molecule has 0 radical (unpaired) electrons. The lowest BCUT2D eigenvalue weighted by Gasteiger charge is -2.20. The van der Waals surface area contributed by atoms with Gasteiger partial charge in [0.25, 0.3) is 0 Å². The maximum absolute atomic E-state index is 11.2. The van der Waals surface area contributed by atoms with Crippen molar-refractivity contribution in [1.29, 1.82) is 0 Å². The van der Waals surface area contributed by atoms with Crippen LogP contribution < -0.4 is 10.6 Å². The highest BCUT2D eigenvalue weighted by atomic mass is 16.1. The summed E-state index contributed by atoms with van der Waals surface area (Å²) in [4.78, 5) is 11.2. The molecule has 1 aromatic carbocycles. The number of hydrogen-bond acceptors (Lipinski definition) is 2. The number of para-hydroxylation sites is 1. The fraction of sp³-hybridized carbons (Fsp3) is 0.562. The van der Waals surface area contributed by atoms with Crippen LogP contribution in [0, 0.1) is 11.8 Å². The molecule has 0 aliphatic heterocycles. The third-order valence-electron chi connectivity index (χ3n) is 4.35. The highest BCUT2D eigenvalue weighted by molar-refractivity contribution is 5.89. The van der Waals surface area contributed by atoms with Gasteiger partial charge in [0.1, 0.15) is 0 Å². The zero-order valence-corrected chi connectivity index (χ0v) is 12.1. The first-order valence-corrected chi connectivity index (χ1v) is 7.17. The van der Waals surface area contributed by atoms with Crippen molar-refractivity contribution in [3.63, 3.8) is 0 Å². The molecule has 2 N–H and O–H groups in total. The van der Waals surface area contributed by atoms with Gasteiger partial charge in [-0.05, 0) is 36.3 Å². The molecule has 1 aromatic rings. The molecule has 1 amide bonds. The van der Waals surface area contributed by atoms with Crippen LogP contribution in [0.15, 0.2) is 24.3 Å². The van der Waals surface area contributed by atoms with E-state index in [0.717, 1.165) is 29.6 Å². The highest BCUT2D eigenvalue weighted by Gasteiger charge is 2.29. The van der Waals surface area contributed by atoms with E-state index >= 15 is 0 Å². The Bertz CT molecular complexity index is 444. The summed E-state index contributed by atoms with van der Waals surface area (Å²) in [6, 6.07) is 8.60. The molecule has 2 rings (SSSR count). The molecule has 3 unspecified atom stereocenters. The number of hydrogen-bond donors (Lipinski definition) is 2. The van der Waals surface area contributed by atoms with E-state index in [2.05, 4.69) is 30.5 Å². The molecule has 0 saturated heterocycles. The first-order chi connectivity index (χ1) is 9.08. The van der Waals surface area contributed by atoms with Crippen molar-refractivity contribution in [3.8, 4) is 0 Å². The van der Waals surface area contributed by atoms with Gasteiger partial charge in [-0.15, -0.1) is 0 Å². The van der Waals surface area contributed by atoms with Gasteiger partial charge in [-0.25, -0.2) is 0 Å². The monoisotopic (exact) mass is 260 g/mol. The van der Waals surface area contributed by atoms with E-state index in [9.17, 15) is 4.79 Å². The highest BCUT2D eigenvalue weighted by Crippen LogP contribution is 2.31. The van der Waals surface area contributed by atoms with Crippen molar-refractivity contribution < 1.29 is 4.79 Å². The van der Waals surface area contributed by atoms with E-state index in [1.54, 1.807) is 6.92 Å². The standard InChI is InChI=1S/C16H24N2O/c1-11-8-9-15(12(11)2)17-10-14-6-4-5-7-16(14)18-13(3)19/h4-7,11-12,15,17H,8-10H2,1-3H3,(H,18,19). The molecule has 3 heteroatoms. The van der Waals surface area contributed by atoms with Crippen molar-refractivity contribution in [2.45, 2.75) is 46.2 Å². The molecule has 19 heavy (non-hydrogen) atoms. The number of carbonyl (C=O) groups is 1. The quantitative estimate of drug-likeness (QED) is 0.873. The molecule has 1 aliphatic carbocycles. The van der Waals surface area contributed by atoms with Gasteiger partial charge in [0, 0.05) is 25.2 Å². The summed E-state index contributed by atoms with van der Waals surface area (Å²) in [6.07, 6.45) is 2.57. The van der Waals surface area contributed by atoms with Crippen LogP contribution in [0.5, 0.6) is 0 Å². The summed E-state index contributed by atoms with van der Waals surface area (Å²) in [6.45, 7) is 7.02. The van der Waals surface area contributed by atoms with Crippen LogP contribution in [0.3, 0.4) is 0 Å². The van der Waals surface area contributed by atoms with Gasteiger partial charge in [0.2, 0.25) is 5.91 Å². The van der Waals surface area contributed by atoms with Crippen LogP contribution in [0.4, 0.5) is 5.69 Å². The molecule has 0 aromatic heterocycles. The second kappa shape index (κ2) is 6.20. The molecule has 0 spiro atoms. The summed E-state index contributed by atoms with van der Waals surface area (Å²) < 4.78 is 0. The van der Waals surface area contributed by atoms with E-state index in [1.165, 1.54) is 12.8 Å². The average molecular weight is 260 g/mol. The van der Waals surface area contributed by atoms with Crippen LogP contribution in [-0.4, -0.2) is 11.9 Å². The maximum atomic E-state index is 11.2. The summed E-state index contributed by atoms with van der Waals surface area (Å²) in [5, 5.41) is 6.53. The summed E-state index contributed by atoms with van der Waals surface area (Å²) in [5.41, 5.74) is 2.07. The van der Waals surface area contributed by atoms with Gasteiger partial charge in [0.05, 0.1) is 0 Å². The SMILES string of the molecule is CC(=O)Nc1ccccc1CNC1CCC(C)C1C. The largest absolute Gasteiger partial charge is 0.326 e. The van der Waals surface area contributed by atoms with Gasteiger partial charge in [-0.1, -0.05) is 32.0 Å². The summed E-state index contributed by atoms with van der Waals surface area (Å²) >= 11 is 0. The molecule has 3 nitrogen and oxygen atoms in total. The summed E-state index contributed by atoms with van der Waals surface area (Å²) in [5.74, 6) is 1.52. The third-order valence-corrected chi connectivity index (χ3v) is 4.35. The van der Waals surface area contributed by atoms with Gasteiger partial charge < -0.3 is 10.6 Å². The normalized spacial score (nSPS) is 26.4. The molecule has 3 atom stereocenters. The van der Waals surface area contributed by atoms with E-state index < -0.39 is 0 Å². The number of benzene rings is 1. The lowest BCUT2D eigenvalue weighted by molar-refractivity contribution is -0.114. The average Bonchev–Trinajstić information content (AvgIpc) is 2.68. The maximum Gasteiger partial charge on any atom is 0.221 e. The zero-order valence-electron chi connectivity index (χ0n) is 12.1. The Morgan fingerprint density at radius 1 is 1.26 bits per heavy atom. The molecule has 104 valence electrons. The van der Waals surface area contributed by atoms with Gasteiger partial charge in [0.15, 0.2) is 0 Å².